The van der Waals surface area contributed by atoms with Crippen LogP contribution in [0.4, 0.5) is 0 Å². The topological polar surface area (TPSA) is 40.5 Å². The minimum atomic E-state index is 0.275. The summed E-state index contributed by atoms with van der Waals surface area (Å²) >= 11 is 0. The Kier molecular flexibility index (Phi) is 4.26. The zero-order valence-corrected chi connectivity index (χ0v) is 13.5. The van der Waals surface area contributed by atoms with E-state index in [4.69, 9.17) is 0 Å². The first kappa shape index (κ1) is 15.4. The SMILES string of the molecule is Cc1cc(C)c(O)c(Cc2cc(C)cc(C(C)C)c2O)c1. The molecule has 2 rings (SSSR count). The number of hydrogen-bond donors (Lipinski definition) is 2. The summed E-state index contributed by atoms with van der Waals surface area (Å²) in [6.45, 7) is 10.1. The summed E-state index contributed by atoms with van der Waals surface area (Å²) in [7, 11) is 0. The van der Waals surface area contributed by atoms with Crippen molar-refractivity contribution in [3.05, 3.63) is 57.6 Å². The molecule has 0 aliphatic rings. The summed E-state index contributed by atoms with van der Waals surface area (Å²) in [4.78, 5) is 0. The Bertz CT molecular complexity index is 670. The standard InChI is InChI=1S/C19H24O2/c1-11(2)17-9-13(4)8-16(19(17)21)10-15-7-12(3)6-14(5)18(15)20/h6-9,11,20-21H,10H2,1-5H3. The summed E-state index contributed by atoms with van der Waals surface area (Å²) in [5, 5.41) is 20.7. The van der Waals surface area contributed by atoms with Crippen molar-refractivity contribution in [1.82, 2.24) is 0 Å². The highest BCUT2D eigenvalue weighted by molar-refractivity contribution is 5.50. The Morgan fingerprint density at radius 2 is 1.33 bits per heavy atom. The Morgan fingerprint density at radius 1 is 0.810 bits per heavy atom. The largest absolute Gasteiger partial charge is 0.507 e. The lowest BCUT2D eigenvalue weighted by molar-refractivity contribution is 0.454. The molecule has 0 saturated heterocycles. The summed E-state index contributed by atoms with van der Waals surface area (Å²) in [6, 6.07) is 7.98. The van der Waals surface area contributed by atoms with Gasteiger partial charge in [0, 0.05) is 6.42 Å². The van der Waals surface area contributed by atoms with E-state index in [1.807, 2.05) is 45.0 Å². The van der Waals surface area contributed by atoms with Gasteiger partial charge in [-0.1, -0.05) is 49.2 Å². The molecule has 0 saturated carbocycles. The fourth-order valence-corrected chi connectivity index (χ4v) is 2.85. The van der Waals surface area contributed by atoms with Crippen LogP contribution in [0.3, 0.4) is 0 Å². The number of phenols is 2. The normalized spacial score (nSPS) is 11.1. The van der Waals surface area contributed by atoms with Crippen LogP contribution in [-0.4, -0.2) is 10.2 Å². The van der Waals surface area contributed by atoms with Crippen molar-refractivity contribution in [1.29, 1.82) is 0 Å². The molecule has 2 nitrogen and oxygen atoms in total. The first-order valence-corrected chi connectivity index (χ1v) is 7.41. The van der Waals surface area contributed by atoms with E-state index in [2.05, 4.69) is 13.8 Å². The molecule has 2 N–H and O–H groups in total. The van der Waals surface area contributed by atoms with Crippen LogP contribution in [0.25, 0.3) is 0 Å². The lowest BCUT2D eigenvalue weighted by Gasteiger charge is -2.15. The van der Waals surface area contributed by atoms with Crippen molar-refractivity contribution in [2.75, 3.05) is 0 Å². The molecule has 0 atom stereocenters. The maximum absolute atomic E-state index is 10.5. The zero-order chi connectivity index (χ0) is 15.7. The fraction of sp³-hybridized carbons (Fsp3) is 0.368. The van der Waals surface area contributed by atoms with Gasteiger partial charge in [0.05, 0.1) is 0 Å². The second kappa shape index (κ2) is 5.80. The molecule has 2 aromatic carbocycles. The number of aromatic hydroxyl groups is 2. The van der Waals surface area contributed by atoms with Crippen LogP contribution in [0, 0.1) is 20.8 Å². The second-order valence-electron chi connectivity index (χ2n) is 6.28. The third-order valence-corrected chi connectivity index (χ3v) is 3.89. The molecule has 0 radical (unpaired) electrons. The van der Waals surface area contributed by atoms with Crippen LogP contribution in [0.2, 0.25) is 0 Å². The Hall–Kier alpha value is -1.96. The van der Waals surface area contributed by atoms with Crippen LogP contribution >= 0.6 is 0 Å². The van der Waals surface area contributed by atoms with Crippen LogP contribution in [-0.2, 0) is 6.42 Å². The van der Waals surface area contributed by atoms with Crippen molar-refractivity contribution < 1.29 is 10.2 Å². The van der Waals surface area contributed by atoms with Gasteiger partial charge in [0.1, 0.15) is 11.5 Å². The van der Waals surface area contributed by atoms with Crippen molar-refractivity contribution >= 4 is 0 Å². The van der Waals surface area contributed by atoms with E-state index in [9.17, 15) is 10.2 Å². The number of rotatable bonds is 3. The number of hydrogen-bond acceptors (Lipinski definition) is 2. The number of phenolic OH excluding ortho intramolecular Hbond substituents is 2. The Balaban J connectivity index is 2.50. The van der Waals surface area contributed by atoms with Gasteiger partial charge in [0.15, 0.2) is 0 Å². The molecule has 0 aromatic heterocycles. The smallest absolute Gasteiger partial charge is 0.122 e. The molecule has 112 valence electrons. The first-order chi connectivity index (χ1) is 9.79. The molecule has 0 unspecified atom stereocenters. The molecule has 0 amide bonds. The third kappa shape index (κ3) is 3.21. The quantitative estimate of drug-likeness (QED) is 0.855. The highest BCUT2D eigenvalue weighted by Gasteiger charge is 2.14. The molecular formula is C19H24O2. The number of benzene rings is 2. The van der Waals surface area contributed by atoms with Gasteiger partial charge in [-0.25, -0.2) is 0 Å². The average Bonchev–Trinajstić information content (AvgIpc) is 2.38. The second-order valence-corrected chi connectivity index (χ2v) is 6.28. The molecule has 21 heavy (non-hydrogen) atoms. The van der Waals surface area contributed by atoms with E-state index < -0.39 is 0 Å². The first-order valence-electron chi connectivity index (χ1n) is 7.41. The lowest BCUT2D eigenvalue weighted by Crippen LogP contribution is -1.98. The number of aryl methyl sites for hydroxylation is 3. The fourth-order valence-electron chi connectivity index (χ4n) is 2.85. The molecule has 0 aliphatic heterocycles. The molecule has 0 fully saturated rings. The van der Waals surface area contributed by atoms with Crippen LogP contribution in [0.5, 0.6) is 11.5 Å². The van der Waals surface area contributed by atoms with Crippen molar-refractivity contribution in [2.24, 2.45) is 0 Å². The Morgan fingerprint density at radius 3 is 1.90 bits per heavy atom. The van der Waals surface area contributed by atoms with Crippen LogP contribution < -0.4 is 0 Å². The van der Waals surface area contributed by atoms with E-state index in [1.165, 1.54) is 0 Å². The summed E-state index contributed by atoms with van der Waals surface area (Å²) in [5.74, 6) is 0.957. The van der Waals surface area contributed by atoms with Gasteiger partial charge in [-0.3, -0.25) is 0 Å². The van der Waals surface area contributed by atoms with Gasteiger partial charge in [-0.05, 0) is 48.9 Å². The maximum atomic E-state index is 10.5. The summed E-state index contributed by atoms with van der Waals surface area (Å²) in [5.41, 5.74) is 5.84. The van der Waals surface area contributed by atoms with Gasteiger partial charge >= 0.3 is 0 Å². The van der Waals surface area contributed by atoms with Crippen molar-refractivity contribution in [3.8, 4) is 11.5 Å². The lowest BCUT2D eigenvalue weighted by atomic mass is 9.92. The monoisotopic (exact) mass is 284 g/mol. The molecule has 0 aliphatic carbocycles. The average molecular weight is 284 g/mol. The molecule has 2 aromatic rings. The van der Waals surface area contributed by atoms with Gasteiger partial charge in [-0.15, -0.1) is 0 Å². The molecule has 0 spiro atoms. The van der Waals surface area contributed by atoms with E-state index in [0.29, 0.717) is 17.9 Å². The predicted octanol–water partition coefficient (Wildman–Crippen LogP) is 4.74. The minimum absolute atomic E-state index is 0.275. The van der Waals surface area contributed by atoms with E-state index >= 15 is 0 Å². The van der Waals surface area contributed by atoms with Crippen LogP contribution in [0.1, 0.15) is 53.1 Å². The Labute approximate surface area is 127 Å². The third-order valence-electron chi connectivity index (χ3n) is 3.89. The highest BCUT2D eigenvalue weighted by atomic mass is 16.3. The van der Waals surface area contributed by atoms with Gasteiger partial charge in [0.2, 0.25) is 0 Å². The summed E-state index contributed by atoms with van der Waals surface area (Å²) < 4.78 is 0. The van der Waals surface area contributed by atoms with Crippen molar-refractivity contribution in [2.45, 2.75) is 47.0 Å². The van der Waals surface area contributed by atoms with Gasteiger partial charge in [0.25, 0.3) is 0 Å². The van der Waals surface area contributed by atoms with E-state index in [1.54, 1.807) is 0 Å². The summed E-state index contributed by atoms with van der Waals surface area (Å²) in [6.07, 6.45) is 0.543. The maximum Gasteiger partial charge on any atom is 0.122 e. The molecular weight excluding hydrogens is 260 g/mol. The zero-order valence-electron chi connectivity index (χ0n) is 13.5. The molecule has 2 heteroatoms. The van der Waals surface area contributed by atoms with Gasteiger partial charge in [-0.2, -0.15) is 0 Å². The van der Waals surface area contributed by atoms with E-state index in [0.717, 1.165) is 33.4 Å². The molecule has 0 heterocycles. The van der Waals surface area contributed by atoms with Gasteiger partial charge < -0.3 is 10.2 Å². The predicted molar refractivity (Wildman–Crippen MR) is 87.3 cm³/mol. The van der Waals surface area contributed by atoms with Crippen LogP contribution in [0.15, 0.2) is 24.3 Å². The van der Waals surface area contributed by atoms with E-state index in [-0.39, 0.29) is 5.92 Å². The minimum Gasteiger partial charge on any atom is -0.507 e. The van der Waals surface area contributed by atoms with Crippen molar-refractivity contribution in [3.63, 3.8) is 0 Å². The highest BCUT2D eigenvalue weighted by Crippen LogP contribution is 2.34. The molecule has 0 bridgehead atoms.